The van der Waals surface area contributed by atoms with Crippen LogP contribution in [0.4, 0.5) is 5.95 Å². The zero-order valence-electron chi connectivity index (χ0n) is 8.08. The third-order valence-corrected chi connectivity index (χ3v) is 2.54. The second-order valence-electron chi connectivity index (χ2n) is 3.54. The highest BCUT2D eigenvalue weighted by atomic mass is 35.5. The molecule has 0 fully saturated rings. The number of anilines is 1. The monoisotopic (exact) mass is 199 g/mol. The summed E-state index contributed by atoms with van der Waals surface area (Å²) in [5, 5.41) is 3.17. The molecule has 0 aliphatic heterocycles. The van der Waals surface area contributed by atoms with Crippen LogP contribution in [0.25, 0.3) is 0 Å². The summed E-state index contributed by atoms with van der Waals surface area (Å²) in [6.45, 7) is 5.97. The minimum absolute atomic E-state index is 0.0105. The minimum Gasteiger partial charge on any atom is -0.348 e. The molecule has 0 aliphatic carbocycles. The fourth-order valence-corrected chi connectivity index (χ4v) is 0.806. The van der Waals surface area contributed by atoms with E-state index in [-0.39, 0.29) is 10.9 Å². The van der Waals surface area contributed by atoms with E-state index in [2.05, 4.69) is 15.3 Å². The van der Waals surface area contributed by atoms with Crippen molar-refractivity contribution in [2.75, 3.05) is 5.32 Å². The summed E-state index contributed by atoms with van der Waals surface area (Å²) < 4.78 is 0. The van der Waals surface area contributed by atoms with Crippen LogP contribution in [0.3, 0.4) is 0 Å². The zero-order chi connectivity index (χ0) is 9.90. The van der Waals surface area contributed by atoms with E-state index in [0.717, 1.165) is 0 Å². The maximum atomic E-state index is 6.00. The molecule has 1 unspecified atom stereocenters. The fraction of sp³-hybridized carbons (Fsp3) is 0.556. The van der Waals surface area contributed by atoms with Crippen molar-refractivity contribution in [3.63, 3.8) is 0 Å². The van der Waals surface area contributed by atoms with Crippen LogP contribution in [0.15, 0.2) is 18.5 Å². The lowest BCUT2D eigenvalue weighted by Gasteiger charge is -2.28. The predicted molar refractivity (Wildman–Crippen MR) is 55.0 cm³/mol. The van der Waals surface area contributed by atoms with Crippen LogP contribution in [0.5, 0.6) is 0 Å². The molecule has 3 nitrogen and oxygen atoms in total. The second-order valence-corrected chi connectivity index (χ2v) is 4.19. The van der Waals surface area contributed by atoms with Gasteiger partial charge in [-0.1, -0.05) is 0 Å². The topological polar surface area (TPSA) is 37.8 Å². The number of aromatic nitrogens is 2. The Balaban J connectivity index is 2.69. The molecule has 0 saturated carbocycles. The van der Waals surface area contributed by atoms with Crippen molar-refractivity contribution in [1.29, 1.82) is 0 Å². The van der Waals surface area contributed by atoms with Crippen LogP contribution >= 0.6 is 11.6 Å². The summed E-state index contributed by atoms with van der Waals surface area (Å²) in [5.41, 5.74) is -0.205. The van der Waals surface area contributed by atoms with Crippen LogP contribution in [0, 0.1) is 0 Å². The molecule has 1 atom stereocenters. The molecule has 0 bridgehead atoms. The predicted octanol–water partition coefficient (Wildman–Crippen LogP) is 2.29. The van der Waals surface area contributed by atoms with E-state index in [9.17, 15) is 0 Å². The summed E-state index contributed by atoms with van der Waals surface area (Å²) in [5.74, 6) is 0.611. The van der Waals surface area contributed by atoms with E-state index in [4.69, 9.17) is 11.6 Å². The first-order valence-electron chi connectivity index (χ1n) is 4.21. The van der Waals surface area contributed by atoms with Gasteiger partial charge in [-0.2, -0.15) is 0 Å². The van der Waals surface area contributed by atoms with E-state index in [1.807, 2.05) is 20.8 Å². The molecule has 1 rings (SSSR count). The molecule has 4 heteroatoms. The summed E-state index contributed by atoms with van der Waals surface area (Å²) in [7, 11) is 0. The Labute approximate surface area is 83.5 Å². The third-order valence-electron chi connectivity index (χ3n) is 1.99. The molecule has 0 aromatic carbocycles. The largest absolute Gasteiger partial charge is 0.348 e. The molecule has 0 aliphatic rings. The van der Waals surface area contributed by atoms with Crippen molar-refractivity contribution >= 4 is 17.5 Å². The van der Waals surface area contributed by atoms with Crippen LogP contribution in [-0.2, 0) is 0 Å². The molecule has 0 saturated heterocycles. The highest BCUT2D eigenvalue weighted by Gasteiger charge is 2.24. The van der Waals surface area contributed by atoms with Gasteiger partial charge in [0.15, 0.2) is 0 Å². The number of rotatable bonds is 3. The van der Waals surface area contributed by atoms with Crippen molar-refractivity contribution in [2.45, 2.75) is 31.7 Å². The Hall–Kier alpha value is -0.830. The Bertz CT molecular complexity index is 259. The van der Waals surface area contributed by atoms with E-state index in [1.165, 1.54) is 0 Å². The van der Waals surface area contributed by atoms with Crippen LogP contribution in [0.2, 0.25) is 0 Å². The van der Waals surface area contributed by atoms with Crippen LogP contribution in [0.1, 0.15) is 20.8 Å². The number of nitrogens with one attached hydrogen (secondary N) is 1. The first kappa shape index (κ1) is 10.3. The molecular weight excluding hydrogens is 186 g/mol. The molecule has 1 aromatic heterocycles. The second kappa shape index (κ2) is 3.92. The lowest BCUT2D eigenvalue weighted by molar-refractivity contribution is 0.549. The van der Waals surface area contributed by atoms with Gasteiger partial charge in [-0.25, -0.2) is 9.97 Å². The van der Waals surface area contributed by atoms with E-state index in [0.29, 0.717) is 5.95 Å². The van der Waals surface area contributed by atoms with Gasteiger partial charge in [-0.3, -0.25) is 0 Å². The first-order valence-corrected chi connectivity index (χ1v) is 4.65. The standard InChI is InChI=1S/C9H14ClN3/c1-7(10)9(2,3)13-8-11-5-4-6-12-8/h4-7H,1-3H3,(H,11,12,13). The van der Waals surface area contributed by atoms with E-state index < -0.39 is 0 Å². The van der Waals surface area contributed by atoms with Crippen LogP contribution in [-0.4, -0.2) is 20.9 Å². The smallest absolute Gasteiger partial charge is 0.223 e. The third kappa shape index (κ3) is 2.84. The molecule has 0 radical (unpaired) electrons. The van der Waals surface area contributed by atoms with E-state index in [1.54, 1.807) is 18.5 Å². The molecule has 0 amide bonds. The fourth-order valence-electron chi connectivity index (χ4n) is 0.751. The Morgan fingerprint density at radius 1 is 1.38 bits per heavy atom. The molecule has 1 aromatic rings. The molecule has 13 heavy (non-hydrogen) atoms. The summed E-state index contributed by atoms with van der Waals surface area (Å²) in [6, 6.07) is 1.78. The zero-order valence-corrected chi connectivity index (χ0v) is 8.84. The van der Waals surface area contributed by atoms with Crippen molar-refractivity contribution in [3.8, 4) is 0 Å². The van der Waals surface area contributed by atoms with Gasteiger partial charge in [0.2, 0.25) is 5.95 Å². The molecule has 0 spiro atoms. The van der Waals surface area contributed by atoms with Gasteiger partial charge in [-0.15, -0.1) is 11.6 Å². The molecule has 1 heterocycles. The van der Waals surface area contributed by atoms with Crippen molar-refractivity contribution in [1.82, 2.24) is 9.97 Å². The van der Waals surface area contributed by atoms with Crippen LogP contribution < -0.4 is 5.32 Å². The van der Waals surface area contributed by atoms with Gasteiger partial charge in [-0.05, 0) is 26.8 Å². The van der Waals surface area contributed by atoms with Gasteiger partial charge in [0.25, 0.3) is 0 Å². The minimum atomic E-state index is -0.205. The average Bonchev–Trinajstić information content (AvgIpc) is 2.05. The number of hydrogen-bond acceptors (Lipinski definition) is 3. The van der Waals surface area contributed by atoms with Gasteiger partial charge < -0.3 is 5.32 Å². The van der Waals surface area contributed by atoms with Gasteiger partial charge >= 0.3 is 0 Å². The maximum Gasteiger partial charge on any atom is 0.223 e. The molecule has 1 N–H and O–H groups in total. The Morgan fingerprint density at radius 2 is 1.92 bits per heavy atom. The van der Waals surface area contributed by atoms with Crippen molar-refractivity contribution in [2.24, 2.45) is 0 Å². The summed E-state index contributed by atoms with van der Waals surface area (Å²) in [6.07, 6.45) is 3.40. The van der Waals surface area contributed by atoms with Crippen molar-refractivity contribution < 1.29 is 0 Å². The van der Waals surface area contributed by atoms with E-state index >= 15 is 0 Å². The highest BCUT2D eigenvalue weighted by Crippen LogP contribution is 2.18. The van der Waals surface area contributed by atoms with Gasteiger partial charge in [0, 0.05) is 12.4 Å². The maximum absolute atomic E-state index is 6.00. The quantitative estimate of drug-likeness (QED) is 0.760. The number of hydrogen-bond donors (Lipinski definition) is 1. The Kier molecular flexibility index (Phi) is 3.09. The summed E-state index contributed by atoms with van der Waals surface area (Å²) >= 11 is 6.00. The average molecular weight is 200 g/mol. The normalized spacial score (nSPS) is 13.8. The number of alkyl halides is 1. The lowest BCUT2D eigenvalue weighted by atomic mass is 10.0. The van der Waals surface area contributed by atoms with Crippen molar-refractivity contribution in [3.05, 3.63) is 18.5 Å². The highest BCUT2D eigenvalue weighted by molar-refractivity contribution is 6.21. The van der Waals surface area contributed by atoms with Gasteiger partial charge in [0.1, 0.15) is 0 Å². The molecule has 72 valence electrons. The lowest BCUT2D eigenvalue weighted by Crippen LogP contribution is -2.39. The Morgan fingerprint density at radius 3 is 2.38 bits per heavy atom. The molecular formula is C9H14ClN3. The first-order chi connectivity index (χ1) is 6.02. The van der Waals surface area contributed by atoms with Gasteiger partial charge in [0.05, 0.1) is 10.9 Å². The SMILES string of the molecule is CC(Cl)C(C)(C)Nc1ncccn1. The number of halogens is 1. The number of nitrogens with zero attached hydrogens (tertiary/aromatic N) is 2. The summed E-state index contributed by atoms with van der Waals surface area (Å²) in [4.78, 5) is 8.13.